The first-order valence-corrected chi connectivity index (χ1v) is 13.8. The summed E-state index contributed by atoms with van der Waals surface area (Å²) >= 11 is 6.59. The molecule has 0 radical (unpaired) electrons. The average molecular weight is 561 g/mol. The largest absolute Gasteiger partial charge is 0.497 e. The van der Waals surface area contributed by atoms with Gasteiger partial charge in [-0.3, -0.25) is 14.4 Å². The van der Waals surface area contributed by atoms with Crippen LogP contribution in [0.1, 0.15) is 43.4 Å². The van der Waals surface area contributed by atoms with E-state index in [1.54, 1.807) is 55.6 Å². The van der Waals surface area contributed by atoms with Crippen molar-refractivity contribution in [1.29, 1.82) is 0 Å². The minimum atomic E-state index is -1.40. The Morgan fingerprint density at radius 2 is 1.59 bits per heavy atom. The van der Waals surface area contributed by atoms with E-state index in [1.807, 2.05) is 65.7 Å². The zero-order valence-corrected chi connectivity index (χ0v) is 22.8. The first-order chi connectivity index (χ1) is 20.0. The van der Waals surface area contributed by atoms with Crippen molar-refractivity contribution >= 4 is 40.8 Å². The molecule has 4 atom stereocenters. The standard InChI is InChI=1S/C34H25ClN2O4/c1-41-22-16-14-21(15-17-22)30(38)29-28(31(39)24-10-4-6-12-26(24)35)34(25-11-5-7-13-27(25)36-33(34)40)32-23-9-3-2-8-20(23)18-19-37(29)32/h2-19,28-29,32H,1H3,(H,36,40). The maximum absolute atomic E-state index is 14.8. The third-order valence-corrected chi connectivity index (χ3v) is 8.96. The van der Waals surface area contributed by atoms with Crippen LogP contribution in [0.3, 0.4) is 0 Å². The van der Waals surface area contributed by atoms with Crippen LogP contribution >= 0.6 is 11.6 Å². The molecule has 6 nitrogen and oxygen atoms in total. The third-order valence-electron chi connectivity index (χ3n) is 8.64. The summed E-state index contributed by atoms with van der Waals surface area (Å²) in [5, 5.41) is 3.33. The van der Waals surface area contributed by atoms with Crippen LogP contribution in [0.15, 0.2) is 103 Å². The fourth-order valence-electron chi connectivity index (χ4n) is 6.92. The molecule has 3 aliphatic rings. The smallest absolute Gasteiger partial charge is 0.238 e. The Morgan fingerprint density at radius 3 is 2.37 bits per heavy atom. The van der Waals surface area contributed by atoms with Gasteiger partial charge < -0.3 is 15.0 Å². The van der Waals surface area contributed by atoms with Gasteiger partial charge in [0.1, 0.15) is 17.2 Å². The van der Waals surface area contributed by atoms with Crippen molar-refractivity contribution in [3.63, 3.8) is 0 Å². The van der Waals surface area contributed by atoms with Crippen LogP contribution in [0.2, 0.25) is 5.02 Å². The molecule has 1 N–H and O–H groups in total. The Morgan fingerprint density at radius 1 is 0.878 bits per heavy atom. The molecule has 4 aromatic rings. The molecule has 1 spiro atoms. The van der Waals surface area contributed by atoms with Crippen molar-refractivity contribution in [3.05, 3.63) is 136 Å². The van der Waals surface area contributed by atoms with Crippen molar-refractivity contribution in [1.82, 2.24) is 4.90 Å². The Hall–Kier alpha value is -4.68. The summed E-state index contributed by atoms with van der Waals surface area (Å²) < 4.78 is 5.30. The molecule has 1 fully saturated rings. The van der Waals surface area contributed by atoms with E-state index in [4.69, 9.17) is 16.3 Å². The predicted molar refractivity (Wildman–Crippen MR) is 157 cm³/mol. The van der Waals surface area contributed by atoms with Crippen molar-refractivity contribution in [2.45, 2.75) is 17.5 Å². The van der Waals surface area contributed by atoms with Gasteiger partial charge in [-0.05, 0) is 65.2 Å². The second kappa shape index (κ2) is 9.46. The summed E-state index contributed by atoms with van der Waals surface area (Å²) in [6, 6.07) is 27.3. The molecular weight excluding hydrogens is 536 g/mol. The fraction of sp³-hybridized carbons (Fsp3) is 0.147. The normalized spacial score (nSPS) is 23.5. The van der Waals surface area contributed by atoms with Gasteiger partial charge in [0.05, 0.1) is 24.1 Å². The fourth-order valence-corrected chi connectivity index (χ4v) is 7.15. The lowest BCUT2D eigenvalue weighted by atomic mass is 9.62. The van der Waals surface area contributed by atoms with E-state index in [2.05, 4.69) is 5.32 Å². The van der Waals surface area contributed by atoms with Crippen LogP contribution < -0.4 is 10.1 Å². The summed E-state index contributed by atoms with van der Waals surface area (Å²) in [6.45, 7) is 0. The Bertz CT molecular complexity index is 1760. The van der Waals surface area contributed by atoms with Crippen molar-refractivity contribution in [3.8, 4) is 5.75 Å². The van der Waals surface area contributed by atoms with E-state index in [-0.39, 0.29) is 28.1 Å². The highest BCUT2D eigenvalue weighted by atomic mass is 35.5. The van der Waals surface area contributed by atoms with E-state index in [1.165, 1.54) is 0 Å². The lowest BCUT2D eigenvalue weighted by molar-refractivity contribution is -0.122. The van der Waals surface area contributed by atoms with Crippen molar-refractivity contribution in [2.75, 3.05) is 12.4 Å². The highest BCUT2D eigenvalue weighted by Crippen LogP contribution is 2.62. The number of hydrogen-bond donors (Lipinski definition) is 1. The van der Waals surface area contributed by atoms with Gasteiger partial charge >= 0.3 is 0 Å². The topological polar surface area (TPSA) is 75.7 Å². The Labute approximate surface area is 242 Å². The van der Waals surface area contributed by atoms with Gasteiger partial charge in [0.25, 0.3) is 0 Å². The minimum absolute atomic E-state index is 0.263. The molecule has 4 aromatic carbocycles. The van der Waals surface area contributed by atoms with Gasteiger partial charge in [0.15, 0.2) is 11.6 Å². The average Bonchev–Trinajstić information content (AvgIpc) is 3.49. The molecule has 3 heterocycles. The number of amides is 1. The Kier molecular flexibility index (Phi) is 5.84. The first-order valence-electron chi connectivity index (χ1n) is 13.4. The number of hydrogen-bond acceptors (Lipinski definition) is 5. The summed E-state index contributed by atoms with van der Waals surface area (Å²) in [4.78, 5) is 45.7. The number of fused-ring (bicyclic) bond motifs is 6. The highest BCUT2D eigenvalue weighted by Gasteiger charge is 2.70. The molecule has 3 aliphatic heterocycles. The molecule has 0 saturated carbocycles. The van der Waals surface area contributed by atoms with Crippen LogP contribution in [-0.2, 0) is 10.2 Å². The van der Waals surface area contributed by atoms with Crippen LogP contribution in [0.5, 0.6) is 5.75 Å². The molecule has 0 aliphatic carbocycles. The highest BCUT2D eigenvalue weighted by molar-refractivity contribution is 6.34. The van der Waals surface area contributed by atoms with E-state index in [0.29, 0.717) is 22.6 Å². The second-order valence-corrected chi connectivity index (χ2v) is 10.9. The van der Waals surface area contributed by atoms with Crippen LogP contribution in [0.25, 0.3) is 6.08 Å². The monoisotopic (exact) mass is 560 g/mol. The number of anilines is 1. The number of methoxy groups -OCH3 is 1. The summed E-state index contributed by atoms with van der Waals surface area (Å²) in [7, 11) is 1.56. The number of carbonyl (C=O) groups is 3. The Balaban J connectivity index is 1.53. The van der Waals surface area contributed by atoms with Gasteiger partial charge in [-0.2, -0.15) is 0 Å². The number of benzene rings is 4. The quantitative estimate of drug-likeness (QED) is 0.289. The number of carbonyl (C=O) groups excluding carboxylic acids is 3. The number of ketones is 2. The molecule has 4 unspecified atom stereocenters. The number of nitrogens with one attached hydrogen (secondary N) is 1. The molecule has 7 heteroatoms. The van der Waals surface area contributed by atoms with Gasteiger partial charge in [-0.15, -0.1) is 0 Å². The van der Waals surface area contributed by atoms with E-state index in [9.17, 15) is 14.4 Å². The van der Waals surface area contributed by atoms with E-state index < -0.39 is 23.4 Å². The van der Waals surface area contributed by atoms with Gasteiger partial charge in [0.2, 0.25) is 5.91 Å². The summed E-state index contributed by atoms with van der Waals surface area (Å²) in [6.07, 6.45) is 3.80. The lowest BCUT2D eigenvalue weighted by Gasteiger charge is -2.38. The molecule has 7 rings (SSSR count). The molecule has 1 amide bonds. The molecule has 0 bridgehead atoms. The summed E-state index contributed by atoms with van der Waals surface area (Å²) in [5.74, 6) is -1.40. The minimum Gasteiger partial charge on any atom is -0.497 e. The van der Waals surface area contributed by atoms with Crippen LogP contribution in [-0.4, -0.2) is 35.5 Å². The molecule has 41 heavy (non-hydrogen) atoms. The van der Waals surface area contributed by atoms with Crippen molar-refractivity contribution < 1.29 is 19.1 Å². The van der Waals surface area contributed by atoms with E-state index >= 15 is 0 Å². The number of para-hydroxylation sites is 1. The molecule has 0 aromatic heterocycles. The molecule has 1 saturated heterocycles. The summed E-state index contributed by atoms with van der Waals surface area (Å²) in [5.41, 5.74) is 2.44. The van der Waals surface area contributed by atoms with Gasteiger partial charge in [0, 0.05) is 23.0 Å². The second-order valence-electron chi connectivity index (χ2n) is 10.5. The third kappa shape index (κ3) is 3.54. The SMILES string of the molecule is COc1ccc(C(=O)C2C(C(=O)c3ccccc3Cl)C3(C(=O)Nc4ccccc43)C3c4ccccc4C=CN23)cc1. The number of ether oxygens (including phenoxy) is 1. The zero-order valence-electron chi connectivity index (χ0n) is 22.1. The lowest BCUT2D eigenvalue weighted by Crippen LogP contribution is -2.49. The number of Topliss-reactive ketones (excluding diaryl/α,β-unsaturated/α-hetero) is 2. The van der Waals surface area contributed by atoms with Gasteiger partial charge in [-0.1, -0.05) is 66.2 Å². The van der Waals surface area contributed by atoms with Gasteiger partial charge in [-0.25, -0.2) is 0 Å². The molecular formula is C34H25ClN2O4. The predicted octanol–water partition coefficient (Wildman–Crippen LogP) is 6.33. The number of nitrogens with zero attached hydrogens (tertiary/aromatic N) is 1. The number of halogens is 1. The first kappa shape index (κ1) is 25.3. The zero-order chi connectivity index (χ0) is 28.3. The van der Waals surface area contributed by atoms with Crippen LogP contribution in [0.4, 0.5) is 5.69 Å². The molecule has 202 valence electrons. The van der Waals surface area contributed by atoms with E-state index in [0.717, 1.165) is 11.1 Å². The van der Waals surface area contributed by atoms with Crippen molar-refractivity contribution in [2.24, 2.45) is 5.92 Å². The number of rotatable bonds is 5. The maximum Gasteiger partial charge on any atom is 0.238 e. The maximum atomic E-state index is 14.8. The van der Waals surface area contributed by atoms with Crippen LogP contribution in [0, 0.1) is 5.92 Å².